The van der Waals surface area contributed by atoms with Crippen LogP contribution in [-0.4, -0.2) is 72.6 Å². The van der Waals surface area contributed by atoms with E-state index in [1.807, 2.05) is 37.3 Å². The van der Waals surface area contributed by atoms with Crippen LogP contribution in [0.4, 0.5) is 4.79 Å². The molecule has 0 saturated heterocycles. The lowest BCUT2D eigenvalue weighted by atomic mass is 9.83. The molecule has 0 radical (unpaired) electrons. The van der Waals surface area contributed by atoms with Gasteiger partial charge in [-0.1, -0.05) is 106 Å². The molecule has 2 unspecified atom stereocenters. The van der Waals surface area contributed by atoms with Gasteiger partial charge in [0.15, 0.2) is 6.04 Å². The first-order chi connectivity index (χ1) is 30.2. The standard InChI is InChI=1S/C50H69N5O8/c1-6-17-39(30-42(56)51-31-43(57)54-45(37-23-11-8-12-24-37)48(60)62-32-34-19-15-18-33(2)28-34)52-46(58)41(29-38-26-16-25-35-20-13-14-27-40(35)38)53-47(59)44(36-21-9-7-10-22-36)55-49(61)63-50(3,4)5/h8,11-12,15-16,19,23-26,28,33,36,39,41,44-45H,6-7,9-10,13-14,17-18,20-22,27,29-32H2,1-5H3,(H,51,56)(H,52,58)(H,53,59)(H,54,57)(H,55,61)/t33?,39?,41-,44-,45-/m0/s1. The third-order valence-corrected chi connectivity index (χ3v) is 11.9. The van der Waals surface area contributed by atoms with E-state index in [1.165, 1.54) is 11.1 Å². The first-order valence-corrected chi connectivity index (χ1v) is 23.0. The predicted octanol–water partition coefficient (Wildman–Crippen LogP) is 6.78. The van der Waals surface area contributed by atoms with Crippen LogP contribution in [0, 0.1) is 11.8 Å². The van der Waals surface area contributed by atoms with E-state index in [2.05, 4.69) is 45.7 Å². The van der Waals surface area contributed by atoms with Crippen molar-refractivity contribution in [2.24, 2.45) is 11.8 Å². The topological polar surface area (TPSA) is 181 Å². The summed E-state index contributed by atoms with van der Waals surface area (Å²) in [5, 5.41) is 14.3. The number of hydrogen-bond acceptors (Lipinski definition) is 8. The zero-order valence-electron chi connectivity index (χ0n) is 37.9. The summed E-state index contributed by atoms with van der Waals surface area (Å²) >= 11 is 0. The average molecular weight is 868 g/mol. The summed E-state index contributed by atoms with van der Waals surface area (Å²) in [5.74, 6) is -2.36. The highest BCUT2D eigenvalue weighted by molar-refractivity contribution is 5.92. The molecule has 0 aliphatic heterocycles. The van der Waals surface area contributed by atoms with Gasteiger partial charge in [-0.15, -0.1) is 0 Å². The van der Waals surface area contributed by atoms with E-state index in [0.717, 1.165) is 75.3 Å². The summed E-state index contributed by atoms with van der Waals surface area (Å²) in [6, 6.07) is 11.3. The molecular weight excluding hydrogens is 799 g/mol. The number of fused-ring (bicyclic) bond motifs is 1. The van der Waals surface area contributed by atoms with Gasteiger partial charge in [-0.05, 0) is 112 Å². The Balaban J connectivity index is 1.26. The molecular formula is C50H69N5O8. The summed E-state index contributed by atoms with van der Waals surface area (Å²) in [5.41, 5.74) is 4.08. The summed E-state index contributed by atoms with van der Waals surface area (Å²) in [6.45, 7) is 8.99. The average Bonchev–Trinajstić information content (AvgIpc) is 3.25. The Hall–Kier alpha value is -5.46. The molecule has 13 heteroatoms. The van der Waals surface area contributed by atoms with Crippen LogP contribution < -0.4 is 26.6 Å². The lowest BCUT2D eigenvalue weighted by Gasteiger charge is -2.32. The second-order valence-corrected chi connectivity index (χ2v) is 18.4. The molecule has 5 rings (SSSR count). The number of benzene rings is 2. The monoisotopic (exact) mass is 868 g/mol. The second-order valence-electron chi connectivity index (χ2n) is 18.4. The Kier molecular flexibility index (Phi) is 18.4. The van der Waals surface area contributed by atoms with E-state index >= 15 is 0 Å². The van der Waals surface area contributed by atoms with Crippen molar-refractivity contribution in [3.05, 3.63) is 94.6 Å². The van der Waals surface area contributed by atoms with Gasteiger partial charge in [-0.25, -0.2) is 9.59 Å². The number of carbonyl (C=O) groups excluding carboxylic acids is 6. The molecule has 5 atom stereocenters. The maximum absolute atomic E-state index is 14.4. The molecule has 5 amide bonds. The molecule has 63 heavy (non-hydrogen) atoms. The Labute approximate surface area is 373 Å². The number of hydrogen-bond donors (Lipinski definition) is 5. The van der Waals surface area contributed by atoms with E-state index in [-0.39, 0.29) is 25.4 Å². The van der Waals surface area contributed by atoms with Crippen LogP contribution in [-0.2, 0) is 52.7 Å². The first-order valence-electron chi connectivity index (χ1n) is 23.0. The van der Waals surface area contributed by atoms with Gasteiger partial charge in [-0.2, -0.15) is 0 Å². The van der Waals surface area contributed by atoms with Crippen LogP contribution in [0.5, 0.6) is 0 Å². The van der Waals surface area contributed by atoms with Crippen LogP contribution in [0.1, 0.15) is 134 Å². The third kappa shape index (κ3) is 15.7. The molecule has 3 aliphatic rings. The van der Waals surface area contributed by atoms with Gasteiger partial charge in [0.2, 0.25) is 23.6 Å². The maximum Gasteiger partial charge on any atom is 0.408 e. The van der Waals surface area contributed by atoms with Gasteiger partial charge < -0.3 is 36.1 Å². The predicted molar refractivity (Wildman–Crippen MR) is 242 cm³/mol. The number of nitrogens with one attached hydrogen (secondary N) is 5. The van der Waals surface area contributed by atoms with Crippen molar-refractivity contribution in [1.29, 1.82) is 0 Å². The van der Waals surface area contributed by atoms with Gasteiger partial charge in [0.05, 0.1) is 6.54 Å². The second kappa shape index (κ2) is 23.8. The van der Waals surface area contributed by atoms with Crippen molar-refractivity contribution in [3.63, 3.8) is 0 Å². The number of rotatable bonds is 19. The van der Waals surface area contributed by atoms with E-state index < -0.39 is 72.0 Å². The molecule has 1 fully saturated rings. The number of aryl methyl sites for hydroxylation is 1. The van der Waals surface area contributed by atoms with Crippen LogP contribution in [0.3, 0.4) is 0 Å². The van der Waals surface area contributed by atoms with Gasteiger partial charge in [0.25, 0.3) is 0 Å². The van der Waals surface area contributed by atoms with E-state index in [1.54, 1.807) is 45.0 Å². The summed E-state index contributed by atoms with van der Waals surface area (Å²) in [4.78, 5) is 81.7. The molecule has 0 heterocycles. The molecule has 13 nitrogen and oxygen atoms in total. The minimum Gasteiger partial charge on any atom is -0.459 e. The Morgan fingerprint density at radius 2 is 1.56 bits per heavy atom. The van der Waals surface area contributed by atoms with Gasteiger partial charge in [0, 0.05) is 18.9 Å². The van der Waals surface area contributed by atoms with Crippen molar-refractivity contribution >= 4 is 35.7 Å². The molecule has 5 N–H and O–H groups in total. The van der Waals surface area contributed by atoms with Crippen molar-refractivity contribution in [2.45, 2.75) is 154 Å². The van der Waals surface area contributed by atoms with E-state index in [9.17, 15) is 28.8 Å². The van der Waals surface area contributed by atoms with Gasteiger partial charge in [-0.3, -0.25) is 19.2 Å². The van der Waals surface area contributed by atoms with Gasteiger partial charge >= 0.3 is 12.1 Å². The van der Waals surface area contributed by atoms with Gasteiger partial charge in [0.1, 0.15) is 24.3 Å². The summed E-state index contributed by atoms with van der Waals surface area (Å²) < 4.78 is 11.2. The minimum atomic E-state index is -1.09. The zero-order valence-corrected chi connectivity index (χ0v) is 37.9. The van der Waals surface area contributed by atoms with E-state index in [4.69, 9.17) is 9.47 Å². The van der Waals surface area contributed by atoms with Crippen molar-refractivity contribution in [1.82, 2.24) is 26.6 Å². The smallest absolute Gasteiger partial charge is 0.408 e. The highest BCUT2D eigenvalue weighted by Crippen LogP contribution is 2.29. The first kappa shape index (κ1) is 48.6. The minimum absolute atomic E-state index is 0.0717. The molecule has 2 aromatic rings. The maximum atomic E-state index is 14.4. The molecule has 0 bridgehead atoms. The van der Waals surface area contributed by atoms with Crippen molar-refractivity contribution < 1.29 is 38.2 Å². The van der Waals surface area contributed by atoms with Crippen LogP contribution in [0.25, 0.3) is 0 Å². The number of alkyl carbamates (subject to hydrolysis) is 1. The fraction of sp³-hybridized carbons (Fsp3) is 0.560. The third-order valence-electron chi connectivity index (χ3n) is 11.9. The SMILES string of the molecule is CCCC(CC(=O)NCC(=O)N[C@H](C(=O)OCC1=CC(C)CC=C1)c1ccccc1)NC(=O)[C@H](Cc1cccc2c1CCCC2)NC(=O)[C@@H](NC(=O)OC(C)(C)C)C1CCCCC1. The summed E-state index contributed by atoms with van der Waals surface area (Å²) in [7, 11) is 0. The Morgan fingerprint density at radius 1 is 0.810 bits per heavy atom. The Bertz CT molecular complexity index is 1950. The van der Waals surface area contributed by atoms with Crippen molar-refractivity contribution in [3.8, 4) is 0 Å². The highest BCUT2D eigenvalue weighted by Gasteiger charge is 2.36. The summed E-state index contributed by atoms with van der Waals surface area (Å²) in [6.07, 6.45) is 15.9. The number of esters is 1. The fourth-order valence-corrected chi connectivity index (χ4v) is 8.79. The fourth-order valence-electron chi connectivity index (χ4n) is 8.79. The number of ether oxygens (including phenoxy) is 2. The van der Waals surface area contributed by atoms with Crippen molar-refractivity contribution in [2.75, 3.05) is 13.2 Å². The Morgan fingerprint density at radius 3 is 2.27 bits per heavy atom. The lowest BCUT2D eigenvalue weighted by Crippen LogP contribution is -2.58. The number of allylic oxidation sites excluding steroid dienone is 2. The lowest BCUT2D eigenvalue weighted by molar-refractivity contribution is -0.147. The molecule has 0 spiro atoms. The molecule has 2 aromatic carbocycles. The number of amides is 5. The highest BCUT2D eigenvalue weighted by atomic mass is 16.6. The van der Waals surface area contributed by atoms with Crippen LogP contribution in [0.15, 0.2) is 72.3 Å². The normalized spacial score (nSPS) is 18.2. The van der Waals surface area contributed by atoms with Crippen LogP contribution in [0.2, 0.25) is 0 Å². The molecule has 342 valence electrons. The zero-order chi connectivity index (χ0) is 45.4. The van der Waals surface area contributed by atoms with E-state index in [0.29, 0.717) is 24.3 Å². The quantitative estimate of drug-likeness (QED) is 0.0959. The number of carbonyl (C=O) groups is 6. The molecule has 1 saturated carbocycles. The molecule has 0 aromatic heterocycles. The molecule has 3 aliphatic carbocycles. The largest absolute Gasteiger partial charge is 0.459 e. The van der Waals surface area contributed by atoms with Crippen LogP contribution >= 0.6 is 0 Å².